The molecule has 2 rings (SSSR count). The van der Waals surface area contributed by atoms with Crippen molar-refractivity contribution < 1.29 is 4.79 Å². The van der Waals surface area contributed by atoms with Crippen LogP contribution < -0.4 is 5.73 Å². The number of amides is 1. The largest absolute Gasteiger partial charge is 0.398 e. The van der Waals surface area contributed by atoms with Crippen LogP contribution in [0.15, 0.2) is 22.7 Å². The second kappa shape index (κ2) is 6.23. The summed E-state index contributed by atoms with van der Waals surface area (Å²) in [4.78, 5) is 14.0. The smallest absolute Gasteiger partial charge is 0.222 e. The lowest BCUT2D eigenvalue weighted by Gasteiger charge is -2.25. The van der Waals surface area contributed by atoms with Crippen molar-refractivity contribution in [1.29, 1.82) is 0 Å². The molecule has 4 heteroatoms. The van der Waals surface area contributed by atoms with Gasteiger partial charge in [0.15, 0.2) is 0 Å². The Balaban J connectivity index is 2.05. The Bertz CT molecular complexity index is 434. The van der Waals surface area contributed by atoms with Gasteiger partial charge in [0, 0.05) is 29.7 Å². The highest BCUT2D eigenvalue weighted by Gasteiger charge is 2.15. The van der Waals surface area contributed by atoms with Crippen molar-refractivity contribution >= 4 is 27.5 Å². The first-order valence-electron chi connectivity index (χ1n) is 6.48. The van der Waals surface area contributed by atoms with E-state index in [1.807, 2.05) is 23.1 Å². The van der Waals surface area contributed by atoms with Gasteiger partial charge >= 0.3 is 0 Å². The van der Waals surface area contributed by atoms with Crippen LogP contribution in [0.25, 0.3) is 0 Å². The first kappa shape index (κ1) is 13.4. The molecule has 1 aliphatic rings. The predicted octanol–water partition coefficient (Wildman–Crippen LogP) is 3.32. The number of hydrogen-bond donors (Lipinski definition) is 1. The average molecular weight is 311 g/mol. The van der Waals surface area contributed by atoms with Gasteiger partial charge in [0.25, 0.3) is 0 Å². The second-order valence-electron chi connectivity index (χ2n) is 4.84. The number of hydrogen-bond acceptors (Lipinski definition) is 2. The van der Waals surface area contributed by atoms with Crippen molar-refractivity contribution in [3.8, 4) is 0 Å². The van der Waals surface area contributed by atoms with Gasteiger partial charge in [-0.15, -0.1) is 0 Å². The summed E-state index contributed by atoms with van der Waals surface area (Å²) in [6, 6.07) is 5.90. The standard InChI is InChI=1S/C14H19BrN2O/c15-12-7-6-11(9-13(12)16)10-17-8-4-2-1-3-5-14(17)18/h6-7,9H,1-5,8,10,16H2. The number of nitrogen functional groups attached to an aromatic ring is 1. The maximum absolute atomic E-state index is 12.0. The lowest BCUT2D eigenvalue weighted by molar-refractivity contribution is -0.132. The molecule has 3 nitrogen and oxygen atoms in total. The molecule has 1 aliphatic heterocycles. The fourth-order valence-corrected chi connectivity index (χ4v) is 2.54. The molecule has 0 atom stereocenters. The van der Waals surface area contributed by atoms with Crippen molar-refractivity contribution in [2.45, 2.75) is 38.6 Å². The molecule has 1 aromatic rings. The topological polar surface area (TPSA) is 46.3 Å². The molecule has 1 aromatic carbocycles. The van der Waals surface area contributed by atoms with Crippen LogP contribution in [-0.4, -0.2) is 17.4 Å². The van der Waals surface area contributed by atoms with E-state index in [0.717, 1.165) is 35.1 Å². The molecule has 98 valence electrons. The molecule has 0 spiro atoms. The van der Waals surface area contributed by atoms with Crippen molar-refractivity contribution in [3.05, 3.63) is 28.2 Å². The third-order valence-corrected chi connectivity index (χ3v) is 4.08. The average Bonchev–Trinajstić information content (AvgIpc) is 2.33. The number of nitrogens with two attached hydrogens (primary N) is 1. The molecule has 0 unspecified atom stereocenters. The summed E-state index contributed by atoms with van der Waals surface area (Å²) in [7, 11) is 0. The molecule has 0 bridgehead atoms. The highest BCUT2D eigenvalue weighted by molar-refractivity contribution is 9.10. The maximum atomic E-state index is 12.0. The first-order chi connectivity index (χ1) is 8.66. The van der Waals surface area contributed by atoms with E-state index in [1.54, 1.807) is 0 Å². The SMILES string of the molecule is Nc1cc(CN2CCCCCCC2=O)ccc1Br. The van der Waals surface area contributed by atoms with Gasteiger partial charge in [0.2, 0.25) is 5.91 Å². The maximum Gasteiger partial charge on any atom is 0.222 e. The lowest BCUT2D eigenvalue weighted by Crippen LogP contribution is -2.32. The van der Waals surface area contributed by atoms with E-state index in [1.165, 1.54) is 12.8 Å². The normalized spacial score (nSPS) is 17.4. The van der Waals surface area contributed by atoms with Crippen LogP contribution in [0.2, 0.25) is 0 Å². The zero-order valence-corrected chi connectivity index (χ0v) is 12.1. The Labute approximate surface area is 116 Å². The van der Waals surface area contributed by atoms with Crippen molar-refractivity contribution in [2.24, 2.45) is 0 Å². The van der Waals surface area contributed by atoms with Gasteiger partial charge in [-0.1, -0.05) is 18.9 Å². The second-order valence-corrected chi connectivity index (χ2v) is 5.69. The summed E-state index contributed by atoms with van der Waals surface area (Å²) >= 11 is 3.38. The summed E-state index contributed by atoms with van der Waals surface area (Å²) in [6.45, 7) is 1.55. The highest BCUT2D eigenvalue weighted by Crippen LogP contribution is 2.22. The Morgan fingerprint density at radius 3 is 2.78 bits per heavy atom. The van der Waals surface area contributed by atoms with Gasteiger partial charge in [-0.3, -0.25) is 4.79 Å². The quantitative estimate of drug-likeness (QED) is 0.852. The van der Waals surface area contributed by atoms with E-state index < -0.39 is 0 Å². The molecule has 1 amide bonds. The molecule has 1 saturated heterocycles. The van der Waals surface area contributed by atoms with E-state index in [-0.39, 0.29) is 5.91 Å². The Morgan fingerprint density at radius 2 is 2.00 bits per heavy atom. The van der Waals surface area contributed by atoms with Crippen LogP contribution in [-0.2, 0) is 11.3 Å². The molecule has 1 fully saturated rings. The minimum atomic E-state index is 0.274. The summed E-state index contributed by atoms with van der Waals surface area (Å²) in [5.74, 6) is 0.274. The van der Waals surface area contributed by atoms with Gasteiger partial charge in [0.05, 0.1) is 0 Å². The van der Waals surface area contributed by atoms with E-state index in [9.17, 15) is 4.79 Å². The lowest BCUT2D eigenvalue weighted by atomic mass is 10.1. The van der Waals surface area contributed by atoms with Crippen LogP contribution >= 0.6 is 15.9 Å². The molecule has 0 aliphatic carbocycles. The molecular formula is C14H19BrN2O. The molecule has 0 aromatic heterocycles. The molecular weight excluding hydrogens is 292 g/mol. The summed E-state index contributed by atoms with van der Waals surface area (Å²) in [6.07, 6.45) is 5.23. The first-order valence-corrected chi connectivity index (χ1v) is 7.28. The van der Waals surface area contributed by atoms with E-state index in [2.05, 4.69) is 15.9 Å². The number of benzene rings is 1. The van der Waals surface area contributed by atoms with Gasteiger partial charge in [-0.2, -0.15) is 0 Å². The minimum Gasteiger partial charge on any atom is -0.398 e. The number of carbonyl (C=O) groups excluding carboxylic acids is 1. The van der Waals surface area contributed by atoms with Crippen LogP contribution in [0.3, 0.4) is 0 Å². The number of nitrogens with zero attached hydrogens (tertiary/aromatic N) is 1. The van der Waals surface area contributed by atoms with Crippen LogP contribution in [0.4, 0.5) is 5.69 Å². The van der Waals surface area contributed by atoms with E-state index in [4.69, 9.17) is 5.73 Å². The fraction of sp³-hybridized carbons (Fsp3) is 0.500. The van der Waals surface area contributed by atoms with E-state index >= 15 is 0 Å². The number of carbonyl (C=O) groups is 1. The van der Waals surface area contributed by atoms with Gasteiger partial charge in [-0.25, -0.2) is 0 Å². The minimum absolute atomic E-state index is 0.274. The number of likely N-dealkylation sites (tertiary alicyclic amines) is 1. The van der Waals surface area contributed by atoms with Crippen LogP contribution in [0.1, 0.15) is 37.7 Å². The van der Waals surface area contributed by atoms with Crippen molar-refractivity contribution in [1.82, 2.24) is 4.90 Å². The predicted molar refractivity (Wildman–Crippen MR) is 77.1 cm³/mol. The Hall–Kier alpha value is -1.03. The third kappa shape index (κ3) is 3.48. The Kier molecular flexibility index (Phi) is 4.64. The van der Waals surface area contributed by atoms with Gasteiger partial charge < -0.3 is 10.6 Å². The monoisotopic (exact) mass is 310 g/mol. The van der Waals surface area contributed by atoms with Gasteiger partial charge in [0.1, 0.15) is 0 Å². The molecule has 18 heavy (non-hydrogen) atoms. The van der Waals surface area contributed by atoms with Gasteiger partial charge in [-0.05, 0) is 46.5 Å². The summed E-state index contributed by atoms with van der Waals surface area (Å²) < 4.78 is 0.908. The molecule has 2 N–H and O–H groups in total. The Morgan fingerprint density at radius 1 is 1.22 bits per heavy atom. The van der Waals surface area contributed by atoms with Crippen LogP contribution in [0.5, 0.6) is 0 Å². The third-order valence-electron chi connectivity index (χ3n) is 3.36. The molecule has 1 heterocycles. The molecule has 0 radical (unpaired) electrons. The zero-order chi connectivity index (χ0) is 13.0. The van der Waals surface area contributed by atoms with E-state index in [0.29, 0.717) is 13.0 Å². The summed E-state index contributed by atoms with van der Waals surface area (Å²) in [5, 5.41) is 0. The zero-order valence-electron chi connectivity index (χ0n) is 10.5. The fourth-order valence-electron chi connectivity index (χ4n) is 2.29. The van der Waals surface area contributed by atoms with Crippen molar-refractivity contribution in [2.75, 3.05) is 12.3 Å². The number of anilines is 1. The van der Waals surface area contributed by atoms with Crippen molar-refractivity contribution in [3.63, 3.8) is 0 Å². The highest BCUT2D eigenvalue weighted by atomic mass is 79.9. The number of halogens is 1. The number of rotatable bonds is 2. The summed E-state index contributed by atoms with van der Waals surface area (Å²) in [5.41, 5.74) is 7.70. The van der Waals surface area contributed by atoms with Crippen LogP contribution in [0, 0.1) is 0 Å². The molecule has 0 saturated carbocycles.